The van der Waals surface area contributed by atoms with Crippen LogP contribution < -0.4 is 5.32 Å². The van der Waals surface area contributed by atoms with Gasteiger partial charge in [-0.2, -0.15) is 0 Å². The molecule has 1 aromatic carbocycles. The van der Waals surface area contributed by atoms with E-state index in [0.29, 0.717) is 0 Å². The van der Waals surface area contributed by atoms with E-state index in [0.717, 1.165) is 30.6 Å². The number of likely N-dealkylation sites (N-methyl/N-ethyl adjacent to an activating group) is 1. The van der Waals surface area contributed by atoms with Crippen LogP contribution in [0, 0.1) is 0 Å². The van der Waals surface area contributed by atoms with Gasteiger partial charge in [-0.1, -0.05) is 23.7 Å². The van der Waals surface area contributed by atoms with E-state index < -0.39 is 0 Å². The van der Waals surface area contributed by atoms with Crippen molar-refractivity contribution in [1.29, 1.82) is 0 Å². The van der Waals surface area contributed by atoms with Gasteiger partial charge in [0.1, 0.15) is 0 Å². The Morgan fingerprint density at radius 2 is 2.21 bits per heavy atom. The van der Waals surface area contributed by atoms with E-state index in [1.54, 1.807) is 0 Å². The Labute approximate surface area is 136 Å². The third-order valence-electron chi connectivity index (χ3n) is 3.93. The van der Waals surface area contributed by atoms with Gasteiger partial charge in [0.15, 0.2) is 5.96 Å². The number of hydrogen-bond acceptors (Lipinski definition) is 3. The Hall–Kier alpha value is -0.490. The van der Waals surface area contributed by atoms with Crippen molar-refractivity contribution in [3.63, 3.8) is 0 Å². The van der Waals surface area contributed by atoms with Gasteiger partial charge < -0.3 is 10.2 Å². The van der Waals surface area contributed by atoms with Gasteiger partial charge in [0.2, 0.25) is 0 Å². The minimum absolute atomic E-state index is 0. The highest BCUT2D eigenvalue weighted by atomic mass is 127. The Morgan fingerprint density at radius 1 is 1.42 bits per heavy atom. The summed E-state index contributed by atoms with van der Waals surface area (Å²) in [5.41, 5.74) is 1.63. The molecule has 0 saturated heterocycles. The number of halogens is 2. The van der Waals surface area contributed by atoms with Gasteiger partial charge >= 0.3 is 0 Å². The summed E-state index contributed by atoms with van der Waals surface area (Å²) in [4.78, 5) is 6.64. The first kappa shape index (κ1) is 14.9. The summed E-state index contributed by atoms with van der Waals surface area (Å²) < 4.78 is 0. The summed E-state index contributed by atoms with van der Waals surface area (Å²) in [5, 5.41) is 4.31. The smallest absolute Gasteiger partial charge is 0.193 e. The predicted octanol–water partition coefficient (Wildman–Crippen LogP) is 2.88. The first-order valence-corrected chi connectivity index (χ1v) is 6.83. The molecule has 0 atom stereocenters. The zero-order valence-corrected chi connectivity index (χ0v) is 14.1. The second-order valence-corrected chi connectivity index (χ2v) is 5.71. The number of nitrogens with one attached hydrogen (secondary N) is 1. The van der Waals surface area contributed by atoms with E-state index in [2.05, 4.69) is 34.4 Å². The van der Waals surface area contributed by atoms with Crippen molar-refractivity contribution in [3.05, 3.63) is 34.9 Å². The number of hydrogen-bond donors (Lipinski definition) is 1. The van der Waals surface area contributed by atoms with E-state index in [1.807, 2.05) is 12.1 Å². The molecule has 1 aliphatic heterocycles. The molecular weight excluding hydrogens is 373 g/mol. The van der Waals surface area contributed by atoms with Crippen LogP contribution >= 0.6 is 35.6 Å². The maximum atomic E-state index is 6.08. The quantitative estimate of drug-likeness (QED) is 0.803. The average molecular weight is 392 g/mol. The molecule has 1 N–H and O–H groups in total. The highest BCUT2D eigenvalue weighted by molar-refractivity contribution is 14.0. The first-order chi connectivity index (χ1) is 8.70. The normalized spacial score (nSPS) is 19.7. The van der Waals surface area contributed by atoms with Crippen molar-refractivity contribution in [1.82, 2.24) is 10.2 Å². The predicted molar refractivity (Wildman–Crippen MR) is 90.7 cm³/mol. The molecule has 104 valence electrons. The number of nitrogens with zero attached hydrogens (tertiary/aromatic N) is 2. The first-order valence-electron chi connectivity index (χ1n) is 6.45. The van der Waals surface area contributed by atoms with Crippen molar-refractivity contribution >= 4 is 41.5 Å². The largest absolute Gasteiger partial charge is 0.355 e. The van der Waals surface area contributed by atoms with E-state index in [1.165, 1.54) is 18.4 Å². The monoisotopic (exact) mass is 391 g/mol. The van der Waals surface area contributed by atoms with Crippen molar-refractivity contribution in [2.45, 2.75) is 18.3 Å². The van der Waals surface area contributed by atoms with Crippen molar-refractivity contribution < 1.29 is 0 Å². The van der Waals surface area contributed by atoms with E-state index in [4.69, 9.17) is 11.6 Å². The highest BCUT2D eigenvalue weighted by Gasteiger charge is 2.44. The lowest BCUT2D eigenvalue weighted by Gasteiger charge is -2.21. The van der Waals surface area contributed by atoms with Crippen LogP contribution in [-0.4, -0.2) is 37.5 Å². The molecule has 19 heavy (non-hydrogen) atoms. The highest BCUT2D eigenvalue weighted by Crippen LogP contribution is 2.48. The lowest BCUT2D eigenvalue weighted by atomic mass is 9.96. The summed E-state index contributed by atoms with van der Waals surface area (Å²) in [5.74, 6) is 1.03. The van der Waals surface area contributed by atoms with Crippen molar-refractivity contribution in [3.8, 4) is 0 Å². The molecule has 1 fully saturated rings. The summed E-state index contributed by atoms with van der Waals surface area (Å²) in [6, 6.07) is 8.25. The van der Waals surface area contributed by atoms with Crippen LogP contribution in [0.1, 0.15) is 18.4 Å². The SMILES string of the molecule is CN1CCN=C1NCC1(c2cccc(Cl)c2)CC1.I. The zero-order chi connectivity index (χ0) is 12.6. The molecule has 0 unspecified atom stereocenters. The number of benzene rings is 1. The van der Waals surface area contributed by atoms with E-state index in [9.17, 15) is 0 Å². The molecule has 0 bridgehead atoms. The molecule has 2 aliphatic rings. The fourth-order valence-corrected chi connectivity index (χ4v) is 2.70. The molecular formula is C14H19ClIN3. The fourth-order valence-electron chi connectivity index (χ4n) is 2.51. The van der Waals surface area contributed by atoms with Gasteiger partial charge in [0, 0.05) is 30.6 Å². The average Bonchev–Trinajstić information content (AvgIpc) is 3.05. The fraction of sp³-hybridized carbons (Fsp3) is 0.500. The van der Waals surface area contributed by atoms with Crippen LogP contribution in [0.15, 0.2) is 29.3 Å². The molecule has 3 rings (SSSR count). The second-order valence-electron chi connectivity index (χ2n) is 5.27. The number of aliphatic imine (C=N–C) groups is 1. The van der Waals surface area contributed by atoms with E-state index in [-0.39, 0.29) is 29.4 Å². The second kappa shape index (κ2) is 5.87. The minimum Gasteiger partial charge on any atom is -0.355 e. The maximum Gasteiger partial charge on any atom is 0.193 e. The van der Waals surface area contributed by atoms with Gasteiger partial charge in [0.25, 0.3) is 0 Å². The zero-order valence-electron chi connectivity index (χ0n) is 11.0. The molecule has 5 heteroatoms. The summed E-state index contributed by atoms with van der Waals surface area (Å²) in [6.45, 7) is 2.88. The van der Waals surface area contributed by atoms with Gasteiger partial charge in [0.05, 0.1) is 6.54 Å². The molecule has 1 saturated carbocycles. The van der Waals surface area contributed by atoms with Gasteiger partial charge in [-0.05, 0) is 30.5 Å². The molecule has 0 aromatic heterocycles. The molecule has 0 spiro atoms. The van der Waals surface area contributed by atoms with Crippen LogP contribution in [0.4, 0.5) is 0 Å². The Morgan fingerprint density at radius 3 is 2.79 bits per heavy atom. The molecule has 3 nitrogen and oxygen atoms in total. The Kier molecular flexibility index (Phi) is 4.61. The lowest BCUT2D eigenvalue weighted by molar-refractivity contribution is 0.523. The Balaban J connectivity index is 0.00000133. The van der Waals surface area contributed by atoms with Gasteiger partial charge in [-0.3, -0.25) is 4.99 Å². The van der Waals surface area contributed by atoms with Crippen LogP contribution in [0.5, 0.6) is 0 Å². The van der Waals surface area contributed by atoms with Crippen molar-refractivity contribution in [2.75, 3.05) is 26.7 Å². The molecule has 1 heterocycles. The topological polar surface area (TPSA) is 27.6 Å². The number of rotatable bonds is 3. The van der Waals surface area contributed by atoms with Crippen LogP contribution in [0.25, 0.3) is 0 Å². The van der Waals surface area contributed by atoms with Gasteiger partial charge in [-0.25, -0.2) is 0 Å². The maximum absolute atomic E-state index is 6.08. The van der Waals surface area contributed by atoms with Gasteiger partial charge in [-0.15, -0.1) is 24.0 Å². The molecule has 1 aromatic rings. The lowest BCUT2D eigenvalue weighted by Crippen LogP contribution is -2.39. The summed E-state index contributed by atoms with van der Waals surface area (Å²) in [7, 11) is 2.08. The summed E-state index contributed by atoms with van der Waals surface area (Å²) in [6.07, 6.45) is 2.47. The Bertz CT molecular complexity index is 485. The molecule has 0 radical (unpaired) electrons. The van der Waals surface area contributed by atoms with Crippen LogP contribution in [0.2, 0.25) is 5.02 Å². The van der Waals surface area contributed by atoms with Crippen molar-refractivity contribution in [2.24, 2.45) is 4.99 Å². The standard InChI is InChI=1S/C14H18ClN3.HI/c1-18-8-7-16-13(18)17-10-14(5-6-14)11-3-2-4-12(15)9-11;/h2-4,9H,5-8,10H2,1H3,(H,16,17);1H. The number of guanidine groups is 1. The van der Waals surface area contributed by atoms with Crippen LogP contribution in [-0.2, 0) is 5.41 Å². The molecule has 0 amide bonds. The third-order valence-corrected chi connectivity index (χ3v) is 4.17. The molecule has 1 aliphatic carbocycles. The van der Waals surface area contributed by atoms with E-state index >= 15 is 0 Å². The third kappa shape index (κ3) is 3.16. The van der Waals surface area contributed by atoms with Crippen LogP contribution in [0.3, 0.4) is 0 Å². The minimum atomic E-state index is 0. The summed E-state index contributed by atoms with van der Waals surface area (Å²) >= 11 is 6.08.